The molecule has 0 aromatic heterocycles. The second-order valence-electron chi connectivity index (χ2n) is 5.19. The topological polar surface area (TPSA) is 86.7 Å². The first-order valence-electron chi connectivity index (χ1n) is 6.06. The number of nitrogens with zero attached hydrogens (tertiary/aromatic N) is 1. The molecule has 7 heteroatoms. The zero-order valence-corrected chi connectivity index (χ0v) is 11.8. The predicted molar refractivity (Wildman–Crippen MR) is 67.9 cm³/mol. The van der Waals surface area contributed by atoms with Crippen LogP contribution in [-0.4, -0.2) is 48.2 Å². The van der Waals surface area contributed by atoms with E-state index in [2.05, 4.69) is 5.32 Å². The summed E-state index contributed by atoms with van der Waals surface area (Å²) in [6, 6.07) is 0. The van der Waals surface area contributed by atoms with Crippen LogP contribution in [0.5, 0.6) is 0 Å². The van der Waals surface area contributed by atoms with Gasteiger partial charge in [-0.3, -0.25) is 20.1 Å². The number of hydrogen-bond acceptors (Lipinski definition) is 5. The fourth-order valence-electron chi connectivity index (χ4n) is 1.90. The smallest absolute Gasteiger partial charge is 0.250 e. The molecule has 0 radical (unpaired) electrons. The highest BCUT2D eigenvalue weighted by atomic mass is 31.2. The first-order valence-corrected chi connectivity index (χ1v) is 8.85. The average Bonchev–Trinajstić information content (AvgIpc) is 2.27. The number of Topliss-reactive ketones (excluding diaryl/α,β-unsaturated/α-hetero) is 1. The molecule has 0 aromatic carbocycles. The molecule has 0 aromatic rings. The molecule has 1 aliphatic rings. The Morgan fingerprint density at radius 3 is 2.50 bits per heavy atom. The monoisotopic (exact) mass is 276 g/mol. The fourth-order valence-corrected chi connectivity index (χ4v) is 2.54. The molecule has 1 fully saturated rings. The first kappa shape index (κ1) is 15.3. The van der Waals surface area contributed by atoms with Crippen molar-refractivity contribution >= 4 is 18.8 Å². The molecule has 104 valence electrons. The SMILES string of the molecule is CP(C)(=O)CNCN(O)C(=O)C1CCC(=O)CC1. The van der Waals surface area contributed by atoms with E-state index in [0.717, 1.165) is 0 Å². The number of carbonyl (C=O) groups excluding carboxylic acids is 2. The van der Waals surface area contributed by atoms with Gasteiger partial charge in [-0.2, -0.15) is 0 Å². The van der Waals surface area contributed by atoms with Crippen LogP contribution in [0.2, 0.25) is 0 Å². The molecular formula is C11H21N2O4P. The number of nitrogens with one attached hydrogen (secondary N) is 1. The Morgan fingerprint density at radius 1 is 1.44 bits per heavy atom. The Hall–Kier alpha value is -0.710. The van der Waals surface area contributed by atoms with E-state index in [1.165, 1.54) is 0 Å². The molecule has 0 aliphatic heterocycles. The maximum absolute atomic E-state index is 11.8. The van der Waals surface area contributed by atoms with E-state index >= 15 is 0 Å². The summed E-state index contributed by atoms with van der Waals surface area (Å²) in [5.41, 5.74) is 0. The Bertz CT molecular complexity index is 356. The van der Waals surface area contributed by atoms with E-state index < -0.39 is 7.14 Å². The van der Waals surface area contributed by atoms with Crippen molar-refractivity contribution < 1.29 is 19.4 Å². The van der Waals surface area contributed by atoms with E-state index in [1.807, 2.05) is 0 Å². The van der Waals surface area contributed by atoms with E-state index in [1.54, 1.807) is 13.3 Å². The van der Waals surface area contributed by atoms with E-state index in [9.17, 15) is 19.4 Å². The van der Waals surface area contributed by atoms with Gasteiger partial charge in [-0.05, 0) is 26.2 Å². The molecule has 0 saturated heterocycles. The van der Waals surface area contributed by atoms with Crippen LogP contribution in [0, 0.1) is 5.92 Å². The zero-order valence-electron chi connectivity index (χ0n) is 10.9. The minimum Gasteiger partial charge on any atom is -0.323 e. The van der Waals surface area contributed by atoms with E-state index in [0.29, 0.717) is 30.7 Å². The molecule has 1 rings (SSSR count). The molecule has 18 heavy (non-hydrogen) atoms. The quantitative estimate of drug-likeness (QED) is 0.340. The maximum atomic E-state index is 11.8. The Balaban J connectivity index is 2.32. The fraction of sp³-hybridized carbons (Fsp3) is 0.818. The van der Waals surface area contributed by atoms with Gasteiger partial charge < -0.3 is 4.57 Å². The first-order chi connectivity index (χ1) is 8.29. The Morgan fingerprint density at radius 2 is 2.00 bits per heavy atom. The molecule has 0 atom stereocenters. The van der Waals surface area contributed by atoms with Crippen LogP contribution in [0.4, 0.5) is 0 Å². The zero-order chi connectivity index (χ0) is 13.8. The highest BCUT2D eigenvalue weighted by Gasteiger charge is 2.28. The third-order valence-electron chi connectivity index (χ3n) is 2.90. The van der Waals surface area contributed by atoms with Crippen LogP contribution in [0.25, 0.3) is 0 Å². The van der Waals surface area contributed by atoms with Gasteiger partial charge in [0.2, 0.25) is 5.91 Å². The molecule has 6 nitrogen and oxygen atoms in total. The summed E-state index contributed by atoms with van der Waals surface area (Å²) >= 11 is 0. The third-order valence-corrected chi connectivity index (χ3v) is 3.89. The van der Waals surface area contributed by atoms with Gasteiger partial charge in [0.25, 0.3) is 0 Å². The predicted octanol–water partition coefficient (Wildman–Crippen LogP) is 1.09. The third kappa shape index (κ3) is 5.29. The number of ketones is 1. The van der Waals surface area contributed by atoms with Gasteiger partial charge in [0.05, 0.1) is 20.1 Å². The van der Waals surface area contributed by atoms with E-state index in [-0.39, 0.29) is 30.6 Å². The van der Waals surface area contributed by atoms with Crippen molar-refractivity contribution in [2.24, 2.45) is 5.92 Å². The van der Waals surface area contributed by atoms with Gasteiger partial charge in [0.1, 0.15) is 5.78 Å². The van der Waals surface area contributed by atoms with Gasteiger partial charge in [-0.25, -0.2) is 5.06 Å². The van der Waals surface area contributed by atoms with Crippen LogP contribution < -0.4 is 5.32 Å². The average molecular weight is 276 g/mol. The van der Waals surface area contributed by atoms with Crippen LogP contribution in [-0.2, 0) is 14.2 Å². The second kappa shape index (κ2) is 6.45. The van der Waals surface area contributed by atoms with E-state index in [4.69, 9.17) is 0 Å². The molecule has 0 spiro atoms. The summed E-state index contributed by atoms with van der Waals surface area (Å²) in [5, 5.41) is 13.0. The second-order valence-corrected chi connectivity index (χ2v) is 8.65. The van der Waals surface area contributed by atoms with Crippen molar-refractivity contribution in [3.63, 3.8) is 0 Å². The molecule has 0 heterocycles. The molecule has 2 N–H and O–H groups in total. The Labute approximate surface area is 107 Å². The standard InChI is InChI=1S/C11H21N2O4P/c1-18(2,17)8-12-7-13(16)11(15)9-3-5-10(14)6-4-9/h9,12,16H,3-8H2,1-2H3. The summed E-state index contributed by atoms with van der Waals surface area (Å²) in [5.74, 6) is -0.457. The summed E-state index contributed by atoms with van der Waals surface area (Å²) < 4.78 is 11.4. The van der Waals surface area contributed by atoms with Gasteiger partial charge in [-0.15, -0.1) is 0 Å². The minimum absolute atomic E-state index is 0.0328. The lowest BCUT2D eigenvalue weighted by molar-refractivity contribution is -0.172. The lowest BCUT2D eigenvalue weighted by Crippen LogP contribution is -2.41. The summed E-state index contributed by atoms with van der Waals surface area (Å²) in [4.78, 5) is 22.9. The number of hydrogen-bond donors (Lipinski definition) is 2. The highest BCUT2D eigenvalue weighted by molar-refractivity contribution is 7.62. The van der Waals surface area contributed by atoms with Crippen LogP contribution in [0.1, 0.15) is 25.7 Å². The molecular weight excluding hydrogens is 255 g/mol. The van der Waals surface area contributed by atoms with Crippen LogP contribution in [0.3, 0.4) is 0 Å². The van der Waals surface area contributed by atoms with Crippen molar-refractivity contribution in [2.45, 2.75) is 25.7 Å². The number of rotatable bonds is 5. The molecule has 1 saturated carbocycles. The van der Waals surface area contributed by atoms with Crippen molar-refractivity contribution in [1.82, 2.24) is 10.4 Å². The number of amides is 1. The normalized spacial score (nSPS) is 17.8. The molecule has 0 bridgehead atoms. The largest absolute Gasteiger partial charge is 0.323 e. The summed E-state index contributed by atoms with van der Waals surface area (Å²) in [6.07, 6.45) is 2.12. The lowest BCUT2D eigenvalue weighted by atomic mass is 9.88. The maximum Gasteiger partial charge on any atom is 0.250 e. The van der Waals surface area contributed by atoms with Crippen molar-refractivity contribution in [3.05, 3.63) is 0 Å². The van der Waals surface area contributed by atoms with Crippen LogP contribution >= 0.6 is 7.14 Å². The van der Waals surface area contributed by atoms with Crippen molar-refractivity contribution in [1.29, 1.82) is 0 Å². The molecule has 1 amide bonds. The van der Waals surface area contributed by atoms with Gasteiger partial charge in [-0.1, -0.05) is 0 Å². The lowest BCUT2D eigenvalue weighted by Gasteiger charge is -2.24. The van der Waals surface area contributed by atoms with Crippen molar-refractivity contribution in [3.8, 4) is 0 Å². The molecule has 1 aliphatic carbocycles. The van der Waals surface area contributed by atoms with Crippen molar-refractivity contribution in [2.75, 3.05) is 26.3 Å². The highest BCUT2D eigenvalue weighted by Crippen LogP contribution is 2.33. The summed E-state index contributed by atoms with van der Waals surface area (Å²) in [6.45, 7) is 3.24. The van der Waals surface area contributed by atoms with Gasteiger partial charge in [0, 0.05) is 18.8 Å². The summed E-state index contributed by atoms with van der Waals surface area (Å²) in [7, 11) is -2.20. The van der Waals surface area contributed by atoms with Gasteiger partial charge in [0.15, 0.2) is 0 Å². The Kier molecular flexibility index (Phi) is 5.50. The molecule has 0 unspecified atom stereocenters. The number of carbonyl (C=O) groups is 2. The van der Waals surface area contributed by atoms with Crippen LogP contribution in [0.15, 0.2) is 0 Å². The minimum atomic E-state index is -2.20. The number of hydroxylamine groups is 2. The van der Waals surface area contributed by atoms with Gasteiger partial charge >= 0.3 is 0 Å².